The Balaban J connectivity index is 2.09. The van der Waals surface area contributed by atoms with Crippen molar-refractivity contribution < 1.29 is 0 Å². The van der Waals surface area contributed by atoms with Gasteiger partial charge < -0.3 is 10.6 Å². The molecule has 0 aromatic carbocycles. The van der Waals surface area contributed by atoms with Crippen molar-refractivity contribution in [2.24, 2.45) is 12.8 Å². The van der Waals surface area contributed by atoms with E-state index in [1.807, 2.05) is 31.4 Å². The molecule has 0 aliphatic heterocycles. The monoisotopic (exact) mass is 262 g/mol. The van der Waals surface area contributed by atoms with Gasteiger partial charge in [-0.15, -0.1) is 0 Å². The fraction of sp³-hybridized carbons (Fsp3) is 0.273. The van der Waals surface area contributed by atoms with E-state index in [9.17, 15) is 0 Å². The maximum atomic E-state index is 5.47. The lowest BCUT2D eigenvalue weighted by Gasteiger charge is -2.16. The van der Waals surface area contributed by atoms with Crippen LogP contribution in [0.25, 0.3) is 0 Å². The number of aryl methyl sites for hydroxylation is 1. The maximum absolute atomic E-state index is 5.47. The molecule has 2 N–H and O–H groups in total. The Hall–Kier alpha value is -2.02. The van der Waals surface area contributed by atoms with Gasteiger partial charge in [0.25, 0.3) is 0 Å². The Labute approximate surface area is 110 Å². The summed E-state index contributed by atoms with van der Waals surface area (Å²) in [6, 6.07) is 0. The molecule has 0 aliphatic rings. The van der Waals surface area contributed by atoms with Crippen LogP contribution in [0.2, 0.25) is 0 Å². The van der Waals surface area contributed by atoms with E-state index < -0.39 is 0 Å². The van der Waals surface area contributed by atoms with E-state index in [2.05, 4.69) is 15.1 Å². The van der Waals surface area contributed by atoms with Crippen molar-refractivity contribution in [1.29, 1.82) is 0 Å². The van der Waals surface area contributed by atoms with Crippen LogP contribution >= 0.6 is 12.2 Å². The third-order valence-corrected chi connectivity index (χ3v) is 2.67. The largest absolute Gasteiger partial charge is 0.388 e. The summed E-state index contributed by atoms with van der Waals surface area (Å²) in [6.07, 6.45) is 7.03. The van der Waals surface area contributed by atoms with Crippen molar-refractivity contribution in [3.63, 3.8) is 0 Å². The van der Waals surface area contributed by atoms with E-state index in [-0.39, 0.29) is 4.99 Å². The van der Waals surface area contributed by atoms with Gasteiger partial charge in [-0.25, -0.2) is 9.97 Å². The summed E-state index contributed by atoms with van der Waals surface area (Å²) in [7, 11) is 3.83. The first kappa shape index (κ1) is 12.4. The van der Waals surface area contributed by atoms with Crippen molar-refractivity contribution in [3.05, 3.63) is 36.0 Å². The molecule has 0 unspecified atom stereocenters. The van der Waals surface area contributed by atoms with E-state index in [1.54, 1.807) is 17.1 Å². The first-order valence-corrected chi connectivity index (χ1v) is 5.77. The highest BCUT2D eigenvalue weighted by Gasteiger charge is 2.06. The van der Waals surface area contributed by atoms with E-state index >= 15 is 0 Å². The number of hydrogen-bond acceptors (Lipinski definition) is 5. The van der Waals surface area contributed by atoms with Crippen LogP contribution in [-0.4, -0.2) is 31.8 Å². The minimum absolute atomic E-state index is 0.254. The first-order valence-electron chi connectivity index (χ1n) is 5.37. The molecule has 2 aromatic rings. The zero-order valence-corrected chi connectivity index (χ0v) is 11.1. The highest BCUT2D eigenvalue weighted by molar-refractivity contribution is 7.80. The molecule has 18 heavy (non-hydrogen) atoms. The molecule has 7 heteroatoms. The predicted octanol–water partition coefficient (Wildman–Crippen LogP) is 0.481. The quantitative estimate of drug-likeness (QED) is 0.808. The Kier molecular flexibility index (Phi) is 3.52. The molecule has 0 fully saturated rings. The van der Waals surface area contributed by atoms with E-state index in [4.69, 9.17) is 18.0 Å². The third kappa shape index (κ3) is 2.80. The lowest BCUT2D eigenvalue weighted by molar-refractivity contribution is 0.766. The number of anilines is 1. The van der Waals surface area contributed by atoms with Crippen LogP contribution in [0.4, 0.5) is 5.82 Å². The topological polar surface area (TPSA) is 72.9 Å². The smallest absolute Gasteiger partial charge is 0.147 e. The van der Waals surface area contributed by atoms with Crippen molar-refractivity contribution in [3.8, 4) is 0 Å². The molecule has 0 saturated carbocycles. The summed E-state index contributed by atoms with van der Waals surface area (Å²) in [5.74, 6) is 0.763. The molecule has 0 aliphatic carbocycles. The van der Waals surface area contributed by atoms with E-state index in [0.717, 1.165) is 17.9 Å². The average Bonchev–Trinajstić information content (AvgIpc) is 2.75. The normalized spacial score (nSPS) is 10.3. The molecule has 0 saturated heterocycles. The van der Waals surface area contributed by atoms with Crippen LogP contribution < -0.4 is 10.6 Å². The molecule has 0 bridgehead atoms. The summed E-state index contributed by atoms with van der Waals surface area (Å²) in [4.78, 5) is 10.7. The van der Waals surface area contributed by atoms with Gasteiger partial charge in [-0.1, -0.05) is 12.2 Å². The number of aromatic nitrogens is 4. The lowest BCUT2D eigenvalue weighted by Crippen LogP contribution is -2.19. The minimum atomic E-state index is 0.254. The molecule has 0 atom stereocenters. The van der Waals surface area contributed by atoms with Crippen LogP contribution in [-0.2, 0) is 13.6 Å². The Morgan fingerprint density at radius 3 is 2.67 bits per heavy atom. The lowest BCUT2D eigenvalue weighted by atomic mass is 10.3. The van der Waals surface area contributed by atoms with Crippen LogP contribution in [0, 0.1) is 0 Å². The van der Waals surface area contributed by atoms with Crippen LogP contribution in [0.15, 0.2) is 24.8 Å². The van der Waals surface area contributed by atoms with E-state index in [1.165, 1.54) is 0 Å². The number of rotatable bonds is 4. The summed E-state index contributed by atoms with van der Waals surface area (Å²) >= 11 is 4.83. The summed E-state index contributed by atoms with van der Waals surface area (Å²) in [5, 5.41) is 4.12. The highest BCUT2D eigenvalue weighted by atomic mass is 32.1. The third-order valence-electron chi connectivity index (χ3n) is 2.46. The van der Waals surface area contributed by atoms with E-state index in [0.29, 0.717) is 5.69 Å². The van der Waals surface area contributed by atoms with Gasteiger partial charge in [-0.05, 0) is 0 Å². The van der Waals surface area contributed by atoms with Gasteiger partial charge in [-0.3, -0.25) is 4.68 Å². The van der Waals surface area contributed by atoms with Crippen LogP contribution in [0.3, 0.4) is 0 Å². The second-order valence-corrected chi connectivity index (χ2v) is 4.44. The van der Waals surface area contributed by atoms with Crippen molar-refractivity contribution in [1.82, 2.24) is 19.7 Å². The number of nitrogens with zero attached hydrogens (tertiary/aromatic N) is 5. The molecule has 6 nitrogen and oxygen atoms in total. The highest BCUT2D eigenvalue weighted by Crippen LogP contribution is 2.10. The molecule has 2 rings (SSSR count). The second kappa shape index (κ2) is 5.09. The zero-order valence-electron chi connectivity index (χ0n) is 10.2. The Morgan fingerprint density at radius 2 is 2.17 bits per heavy atom. The van der Waals surface area contributed by atoms with Gasteiger partial charge >= 0.3 is 0 Å². The van der Waals surface area contributed by atoms with Gasteiger partial charge in [0.05, 0.1) is 18.6 Å². The molecule has 2 aromatic heterocycles. The van der Waals surface area contributed by atoms with Gasteiger partial charge in [-0.2, -0.15) is 5.10 Å². The van der Waals surface area contributed by atoms with Crippen LogP contribution in [0.1, 0.15) is 11.3 Å². The Bertz CT molecular complexity index is 547. The predicted molar refractivity (Wildman–Crippen MR) is 73.2 cm³/mol. The maximum Gasteiger partial charge on any atom is 0.147 e. The van der Waals surface area contributed by atoms with Gasteiger partial charge in [0.2, 0.25) is 0 Å². The molecular formula is C11H14N6S. The molecular weight excluding hydrogens is 248 g/mol. The van der Waals surface area contributed by atoms with Crippen molar-refractivity contribution in [2.75, 3.05) is 11.9 Å². The summed E-state index contributed by atoms with van der Waals surface area (Å²) < 4.78 is 1.77. The standard InChI is InChI=1S/C11H14N6S/c1-16(6-8-3-15-17(2)7-8)10-5-13-9(4-14-10)11(12)18/h3-5,7H,6H2,1-2H3,(H2,12,18). The van der Waals surface area contributed by atoms with Gasteiger partial charge in [0, 0.05) is 32.4 Å². The minimum Gasteiger partial charge on any atom is -0.388 e. The zero-order chi connectivity index (χ0) is 13.1. The van der Waals surface area contributed by atoms with Gasteiger partial charge in [0.15, 0.2) is 0 Å². The molecule has 0 spiro atoms. The fourth-order valence-electron chi connectivity index (χ4n) is 1.55. The van der Waals surface area contributed by atoms with Crippen LogP contribution in [0.5, 0.6) is 0 Å². The summed E-state index contributed by atoms with van der Waals surface area (Å²) in [6.45, 7) is 0.717. The Morgan fingerprint density at radius 1 is 1.39 bits per heavy atom. The number of hydrogen-bond donors (Lipinski definition) is 1. The molecule has 0 amide bonds. The molecule has 94 valence electrons. The second-order valence-electron chi connectivity index (χ2n) is 4.00. The van der Waals surface area contributed by atoms with Gasteiger partial charge in [0.1, 0.15) is 16.5 Å². The molecule has 2 heterocycles. The molecule has 0 radical (unpaired) electrons. The van der Waals surface area contributed by atoms with Crippen molar-refractivity contribution in [2.45, 2.75) is 6.54 Å². The SMILES string of the molecule is CN(Cc1cnn(C)c1)c1cnc(C(N)=S)cn1. The van der Waals surface area contributed by atoms with Crippen molar-refractivity contribution >= 4 is 23.0 Å². The first-order chi connectivity index (χ1) is 8.56. The fourth-order valence-corrected chi connectivity index (χ4v) is 1.66. The average molecular weight is 262 g/mol. The number of thiocarbonyl (C=S) groups is 1. The number of nitrogens with two attached hydrogens (primary N) is 1. The summed E-state index contributed by atoms with van der Waals surface area (Å²) in [5.41, 5.74) is 7.11.